The minimum atomic E-state index is -0.384. The van der Waals surface area contributed by atoms with Crippen LogP contribution >= 0.6 is 0 Å². The highest BCUT2D eigenvalue weighted by molar-refractivity contribution is 6.02. The number of esters is 1. The Morgan fingerprint density at radius 3 is 2.50 bits per heavy atom. The number of hydrogen-bond acceptors (Lipinski definition) is 4. The molecule has 0 bridgehead atoms. The second-order valence-electron chi connectivity index (χ2n) is 4.87. The zero-order chi connectivity index (χ0) is 15.9. The number of carbonyl (C=O) groups excluding carboxylic acids is 2. The van der Waals surface area contributed by atoms with Crippen molar-refractivity contribution in [2.45, 2.75) is 20.0 Å². The largest absolute Gasteiger partial charge is 0.465 e. The second-order valence-corrected chi connectivity index (χ2v) is 4.87. The quantitative estimate of drug-likeness (QED) is 0.677. The summed E-state index contributed by atoms with van der Waals surface area (Å²) in [5.74, 6) is -0.0681. The summed E-state index contributed by atoms with van der Waals surface area (Å²) in [7, 11) is 0. The Morgan fingerprint density at radius 2 is 1.91 bits per heavy atom. The number of furan rings is 1. The van der Waals surface area contributed by atoms with E-state index in [-0.39, 0.29) is 18.0 Å². The number of anilines is 1. The summed E-state index contributed by atoms with van der Waals surface area (Å²) in [6.45, 7) is 3.58. The van der Waals surface area contributed by atoms with Crippen LogP contribution in [0, 0.1) is 0 Å². The lowest BCUT2D eigenvalue weighted by Gasteiger charge is -2.08. The van der Waals surface area contributed by atoms with Crippen molar-refractivity contribution < 1.29 is 18.7 Å². The topological polar surface area (TPSA) is 68.5 Å². The lowest BCUT2D eigenvalue weighted by Crippen LogP contribution is -2.12. The predicted molar refractivity (Wildman–Crippen MR) is 83.4 cm³/mol. The summed E-state index contributed by atoms with van der Waals surface area (Å²) in [5, 5.41) is 2.69. The maximum Gasteiger partial charge on any atom is 0.338 e. The van der Waals surface area contributed by atoms with E-state index in [9.17, 15) is 9.59 Å². The van der Waals surface area contributed by atoms with Gasteiger partial charge in [0.2, 0.25) is 5.91 Å². The lowest BCUT2D eigenvalue weighted by molar-refractivity contribution is -0.111. The molecule has 0 aliphatic heterocycles. The van der Waals surface area contributed by atoms with Crippen molar-refractivity contribution in [3.8, 4) is 0 Å². The summed E-state index contributed by atoms with van der Waals surface area (Å²) >= 11 is 0. The van der Waals surface area contributed by atoms with Gasteiger partial charge in [-0.25, -0.2) is 4.79 Å². The van der Waals surface area contributed by atoms with Gasteiger partial charge in [-0.3, -0.25) is 4.79 Å². The molecule has 1 heterocycles. The zero-order valence-corrected chi connectivity index (χ0v) is 12.4. The fourth-order valence-electron chi connectivity index (χ4n) is 1.70. The first-order chi connectivity index (χ1) is 10.5. The van der Waals surface area contributed by atoms with Gasteiger partial charge in [-0.2, -0.15) is 0 Å². The van der Waals surface area contributed by atoms with E-state index >= 15 is 0 Å². The SMILES string of the molecule is CC(C)OC(=O)c1ccc(NC(=O)/C=C/c2ccco2)cc1. The average molecular weight is 299 g/mol. The molecule has 0 atom stereocenters. The fraction of sp³-hybridized carbons (Fsp3) is 0.176. The first kappa shape index (κ1) is 15.6. The van der Waals surface area contributed by atoms with E-state index < -0.39 is 0 Å². The molecule has 1 aromatic carbocycles. The van der Waals surface area contributed by atoms with E-state index in [0.29, 0.717) is 17.0 Å². The molecule has 0 aliphatic rings. The van der Waals surface area contributed by atoms with E-state index in [1.54, 1.807) is 56.3 Å². The number of ether oxygens (including phenoxy) is 1. The third kappa shape index (κ3) is 4.63. The van der Waals surface area contributed by atoms with Gasteiger partial charge in [-0.05, 0) is 56.3 Å². The summed E-state index contributed by atoms with van der Waals surface area (Å²) in [6, 6.07) is 10.0. The van der Waals surface area contributed by atoms with Crippen LogP contribution in [0.1, 0.15) is 30.0 Å². The van der Waals surface area contributed by atoms with Crippen LogP contribution in [-0.4, -0.2) is 18.0 Å². The normalized spacial score (nSPS) is 10.9. The lowest BCUT2D eigenvalue weighted by atomic mass is 10.2. The second kappa shape index (κ2) is 7.26. The number of rotatable bonds is 5. The van der Waals surface area contributed by atoms with Gasteiger partial charge in [-0.1, -0.05) is 0 Å². The van der Waals surface area contributed by atoms with Crippen LogP contribution in [0.15, 0.2) is 53.2 Å². The van der Waals surface area contributed by atoms with Gasteiger partial charge in [0.15, 0.2) is 0 Å². The molecule has 1 N–H and O–H groups in total. The van der Waals surface area contributed by atoms with Crippen molar-refractivity contribution in [3.63, 3.8) is 0 Å². The highest BCUT2D eigenvalue weighted by atomic mass is 16.5. The molecule has 0 saturated carbocycles. The number of carbonyl (C=O) groups is 2. The summed E-state index contributed by atoms with van der Waals surface area (Å²) in [6.07, 6.45) is 4.31. The van der Waals surface area contributed by atoms with Gasteiger partial charge in [0.1, 0.15) is 5.76 Å². The Kier molecular flexibility index (Phi) is 5.14. The Bertz CT molecular complexity index is 654. The van der Waals surface area contributed by atoms with Gasteiger partial charge in [0, 0.05) is 11.8 Å². The Hall–Kier alpha value is -2.82. The van der Waals surface area contributed by atoms with E-state index in [0.717, 1.165) is 0 Å². The third-order valence-corrected chi connectivity index (χ3v) is 2.67. The van der Waals surface area contributed by atoms with Crippen LogP contribution in [0.4, 0.5) is 5.69 Å². The minimum absolute atomic E-state index is 0.168. The summed E-state index contributed by atoms with van der Waals surface area (Å²) in [5.41, 5.74) is 1.04. The van der Waals surface area contributed by atoms with Crippen LogP contribution in [0.3, 0.4) is 0 Å². The van der Waals surface area contributed by atoms with E-state index in [2.05, 4.69) is 5.32 Å². The van der Waals surface area contributed by atoms with E-state index in [1.165, 1.54) is 12.3 Å². The Morgan fingerprint density at radius 1 is 1.18 bits per heavy atom. The molecule has 0 radical (unpaired) electrons. The van der Waals surface area contributed by atoms with Crippen molar-refractivity contribution in [3.05, 3.63) is 60.1 Å². The van der Waals surface area contributed by atoms with E-state index in [4.69, 9.17) is 9.15 Å². The first-order valence-corrected chi connectivity index (χ1v) is 6.88. The van der Waals surface area contributed by atoms with Crippen LogP contribution in [-0.2, 0) is 9.53 Å². The van der Waals surface area contributed by atoms with Crippen molar-refractivity contribution in [2.24, 2.45) is 0 Å². The summed E-state index contributed by atoms with van der Waals surface area (Å²) < 4.78 is 10.2. The van der Waals surface area contributed by atoms with Gasteiger partial charge in [-0.15, -0.1) is 0 Å². The third-order valence-electron chi connectivity index (χ3n) is 2.67. The number of nitrogens with one attached hydrogen (secondary N) is 1. The molecule has 0 aliphatic carbocycles. The number of hydrogen-bond donors (Lipinski definition) is 1. The van der Waals surface area contributed by atoms with Crippen molar-refractivity contribution in [2.75, 3.05) is 5.32 Å². The molecule has 0 fully saturated rings. The summed E-state index contributed by atoms with van der Waals surface area (Å²) in [4.78, 5) is 23.4. The fourth-order valence-corrected chi connectivity index (χ4v) is 1.70. The van der Waals surface area contributed by atoms with Crippen molar-refractivity contribution >= 4 is 23.6 Å². The first-order valence-electron chi connectivity index (χ1n) is 6.88. The molecule has 0 spiro atoms. The Labute approximate surface area is 128 Å². The monoisotopic (exact) mass is 299 g/mol. The average Bonchev–Trinajstić information content (AvgIpc) is 2.98. The maximum absolute atomic E-state index is 11.7. The Balaban J connectivity index is 1.93. The number of benzene rings is 1. The van der Waals surface area contributed by atoms with E-state index in [1.807, 2.05) is 0 Å². The van der Waals surface area contributed by atoms with Gasteiger partial charge >= 0.3 is 5.97 Å². The molecule has 0 unspecified atom stereocenters. The predicted octanol–water partition coefficient (Wildman–Crippen LogP) is 3.50. The standard InChI is InChI=1S/C17H17NO4/c1-12(2)22-17(20)13-5-7-14(8-6-13)18-16(19)10-9-15-4-3-11-21-15/h3-12H,1-2H3,(H,18,19)/b10-9+. The molecule has 5 nitrogen and oxygen atoms in total. The van der Waals surface area contributed by atoms with Crippen LogP contribution in [0.5, 0.6) is 0 Å². The van der Waals surface area contributed by atoms with Gasteiger partial charge in [0.05, 0.1) is 17.9 Å². The van der Waals surface area contributed by atoms with Crippen molar-refractivity contribution in [1.82, 2.24) is 0 Å². The molecule has 114 valence electrons. The maximum atomic E-state index is 11.7. The van der Waals surface area contributed by atoms with Crippen LogP contribution in [0.2, 0.25) is 0 Å². The molecule has 2 aromatic rings. The molecule has 1 aromatic heterocycles. The van der Waals surface area contributed by atoms with Gasteiger partial charge < -0.3 is 14.5 Å². The minimum Gasteiger partial charge on any atom is -0.465 e. The van der Waals surface area contributed by atoms with Crippen LogP contribution in [0.25, 0.3) is 6.08 Å². The molecule has 22 heavy (non-hydrogen) atoms. The molecule has 1 amide bonds. The van der Waals surface area contributed by atoms with Crippen molar-refractivity contribution in [1.29, 1.82) is 0 Å². The highest BCUT2D eigenvalue weighted by Crippen LogP contribution is 2.12. The number of amides is 1. The zero-order valence-electron chi connectivity index (χ0n) is 12.4. The molecule has 2 rings (SSSR count). The van der Waals surface area contributed by atoms with Gasteiger partial charge in [0.25, 0.3) is 0 Å². The molecular formula is C17H17NO4. The molecule has 0 saturated heterocycles. The highest BCUT2D eigenvalue weighted by Gasteiger charge is 2.09. The molecular weight excluding hydrogens is 282 g/mol. The molecule has 5 heteroatoms. The van der Waals surface area contributed by atoms with Crippen LogP contribution < -0.4 is 5.32 Å². The smallest absolute Gasteiger partial charge is 0.338 e.